The molecule has 0 bridgehead atoms. The quantitative estimate of drug-likeness (QED) is 0.772. The molecule has 0 aromatic heterocycles. The van der Waals surface area contributed by atoms with Gasteiger partial charge in [-0.2, -0.15) is 5.26 Å². The van der Waals surface area contributed by atoms with E-state index >= 15 is 0 Å². The first-order valence-corrected chi connectivity index (χ1v) is 6.39. The van der Waals surface area contributed by atoms with Crippen molar-refractivity contribution >= 4 is 5.69 Å². The molecular formula is C14H15FN2O2. The van der Waals surface area contributed by atoms with Crippen LogP contribution in [0, 0.1) is 17.1 Å². The Hall–Kier alpha value is -1.64. The Balaban J connectivity index is 1.90. The summed E-state index contributed by atoms with van der Waals surface area (Å²) < 4.78 is 24.9. The summed E-state index contributed by atoms with van der Waals surface area (Å²) in [6.45, 7) is 3.15. The summed E-state index contributed by atoms with van der Waals surface area (Å²) in [5.74, 6) is -0.469. The molecule has 2 saturated heterocycles. The van der Waals surface area contributed by atoms with Crippen LogP contribution in [0.3, 0.4) is 0 Å². The molecule has 0 radical (unpaired) electrons. The first-order valence-electron chi connectivity index (χ1n) is 6.39. The Morgan fingerprint density at radius 3 is 3.00 bits per heavy atom. The first-order chi connectivity index (χ1) is 9.24. The molecule has 19 heavy (non-hydrogen) atoms. The van der Waals surface area contributed by atoms with E-state index in [1.54, 1.807) is 12.1 Å². The van der Waals surface area contributed by atoms with E-state index in [-0.39, 0.29) is 11.2 Å². The van der Waals surface area contributed by atoms with E-state index in [4.69, 9.17) is 14.7 Å². The molecule has 1 spiro atoms. The zero-order valence-electron chi connectivity index (χ0n) is 10.6. The van der Waals surface area contributed by atoms with Crippen molar-refractivity contribution in [2.24, 2.45) is 0 Å². The van der Waals surface area contributed by atoms with Gasteiger partial charge in [0.05, 0.1) is 18.9 Å². The Kier molecular flexibility index (Phi) is 3.13. The van der Waals surface area contributed by atoms with E-state index in [2.05, 4.69) is 0 Å². The van der Waals surface area contributed by atoms with Crippen molar-refractivity contribution in [1.82, 2.24) is 0 Å². The van der Waals surface area contributed by atoms with Crippen molar-refractivity contribution in [3.8, 4) is 6.07 Å². The summed E-state index contributed by atoms with van der Waals surface area (Å²) in [5, 5.41) is 9.11. The lowest BCUT2D eigenvalue weighted by molar-refractivity contribution is -0.0579. The van der Waals surface area contributed by atoms with Crippen molar-refractivity contribution in [1.29, 1.82) is 5.26 Å². The highest BCUT2D eigenvalue weighted by atomic mass is 19.1. The molecule has 0 N–H and O–H groups in total. The lowest BCUT2D eigenvalue weighted by Crippen LogP contribution is -2.52. The Morgan fingerprint density at radius 1 is 1.37 bits per heavy atom. The summed E-state index contributed by atoms with van der Waals surface area (Å²) in [6.07, 6.45) is 0.848. The van der Waals surface area contributed by atoms with E-state index in [1.165, 1.54) is 6.07 Å². The molecule has 2 aliphatic heterocycles. The third-order valence-corrected chi connectivity index (χ3v) is 3.76. The lowest BCUT2D eigenvalue weighted by atomic mass is 9.99. The number of benzene rings is 1. The molecule has 1 aromatic rings. The zero-order chi connectivity index (χ0) is 13.3. The molecule has 1 atom stereocenters. The maximum atomic E-state index is 13.7. The topological polar surface area (TPSA) is 45.5 Å². The molecule has 1 unspecified atom stereocenters. The third-order valence-electron chi connectivity index (χ3n) is 3.76. The highest BCUT2D eigenvalue weighted by molar-refractivity contribution is 5.60. The molecule has 2 aliphatic rings. The molecule has 100 valence electrons. The van der Waals surface area contributed by atoms with Crippen LogP contribution in [-0.2, 0) is 9.47 Å². The Bertz CT molecular complexity index is 521. The third kappa shape index (κ3) is 2.18. The van der Waals surface area contributed by atoms with Gasteiger partial charge in [0.2, 0.25) is 0 Å². The zero-order valence-corrected chi connectivity index (χ0v) is 10.6. The van der Waals surface area contributed by atoms with E-state index in [1.807, 2.05) is 11.0 Å². The average molecular weight is 262 g/mol. The number of nitrogens with zero attached hydrogens (tertiary/aromatic N) is 2. The SMILES string of the molecule is N#Cc1c(F)cccc1N1CCOC2(CCOC2)C1. The number of rotatable bonds is 1. The minimum atomic E-state index is -0.469. The van der Waals surface area contributed by atoms with Crippen LogP contribution in [0.4, 0.5) is 10.1 Å². The Morgan fingerprint density at radius 2 is 2.26 bits per heavy atom. The van der Waals surface area contributed by atoms with Gasteiger partial charge in [-0.15, -0.1) is 0 Å². The van der Waals surface area contributed by atoms with Gasteiger partial charge >= 0.3 is 0 Å². The van der Waals surface area contributed by atoms with Gasteiger partial charge < -0.3 is 14.4 Å². The van der Waals surface area contributed by atoms with Crippen molar-refractivity contribution < 1.29 is 13.9 Å². The van der Waals surface area contributed by atoms with E-state index in [0.717, 1.165) is 6.42 Å². The fourth-order valence-electron chi connectivity index (χ4n) is 2.76. The second-order valence-corrected chi connectivity index (χ2v) is 5.00. The maximum absolute atomic E-state index is 13.7. The minimum Gasteiger partial charge on any atom is -0.378 e. The maximum Gasteiger partial charge on any atom is 0.143 e. The largest absolute Gasteiger partial charge is 0.378 e. The molecule has 4 nitrogen and oxygen atoms in total. The average Bonchev–Trinajstić information content (AvgIpc) is 2.86. The summed E-state index contributed by atoms with van der Waals surface area (Å²) in [6, 6.07) is 6.69. The van der Waals surface area contributed by atoms with Gasteiger partial charge in [-0.1, -0.05) is 6.07 Å². The summed E-state index contributed by atoms with van der Waals surface area (Å²) >= 11 is 0. The van der Waals surface area contributed by atoms with Crippen LogP contribution >= 0.6 is 0 Å². The standard InChI is InChI=1S/C14H15FN2O2/c15-12-2-1-3-13(11(12)8-16)17-5-7-19-14(9-17)4-6-18-10-14/h1-3H,4-7,9-10H2. The van der Waals surface area contributed by atoms with Crippen LogP contribution < -0.4 is 4.90 Å². The van der Waals surface area contributed by atoms with Gasteiger partial charge in [0.25, 0.3) is 0 Å². The number of halogens is 1. The monoisotopic (exact) mass is 262 g/mol. The van der Waals surface area contributed by atoms with Crippen molar-refractivity contribution in [3.05, 3.63) is 29.6 Å². The highest BCUT2D eigenvalue weighted by Crippen LogP contribution is 2.32. The van der Waals surface area contributed by atoms with Gasteiger partial charge in [0.1, 0.15) is 23.1 Å². The van der Waals surface area contributed by atoms with E-state index < -0.39 is 5.82 Å². The predicted octanol–water partition coefficient (Wildman–Crippen LogP) is 1.69. The number of nitriles is 1. The van der Waals surface area contributed by atoms with Crippen LogP contribution in [0.2, 0.25) is 0 Å². The highest BCUT2D eigenvalue weighted by Gasteiger charge is 2.40. The molecule has 5 heteroatoms. The number of anilines is 1. The fraction of sp³-hybridized carbons (Fsp3) is 0.500. The van der Waals surface area contributed by atoms with Gasteiger partial charge in [-0.3, -0.25) is 0 Å². The fourth-order valence-corrected chi connectivity index (χ4v) is 2.76. The van der Waals surface area contributed by atoms with E-state index in [0.29, 0.717) is 38.6 Å². The minimum absolute atomic E-state index is 0.110. The summed E-state index contributed by atoms with van der Waals surface area (Å²) in [5.41, 5.74) is 0.465. The van der Waals surface area contributed by atoms with Crippen LogP contribution in [0.25, 0.3) is 0 Å². The molecule has 0 aliphatic carbocycles. The van der Waals surface area contributed by atoms with Crippen LogP contribution in [0.15, 0.2) is 18.2 Å². The van der Waals surface area contributed by atoms with Crippen LogP contribution in [0.5, 0.6) is 0 Å². The number of morpholine rings is 1. The molecule has 0 amide bonds. The predicted molar refractivity (Wildman–Crippen MR) is 67.4 cm³/mol. The van der Waals surface area contributed by atoms with Gasteiger partial charge in [0, 0.05) is 26.1 Å². The summed E-state index contributed by atoms with van der Waals surface area (Å²) in [7, 11) is 0. The molecule has 2 fully saturated rings. The van der Waals surface area contributed by atoms with Crippen LogP contribution in [0.1, 0.15) is 12.0 Å². The molecular weight excluding hydrogens is 247 g/mol. The number of ether oxygens (including phenoxy) is 2. The normalized spacial score (nSPS) is 26.6. The van der Waals surface area contributed by atoms with Gasteiger partial charge in [-0.25, -0.2) is 4.39 Å². The van der Waals surface area contributed by atoms with Crippen molar-refractivity contribution in [2.45, 2.75) is 12.0 Å². The van der Waals surface area contributed by atoms with Gasteiger partial charge in [-0.05, 0) is 12.1 Å². The second-order valence-electron chi connectivity index (χ2n) is 5.00. The molecule has 0 saturated carbocycles. The molecule has 2 heterocycles. The molecule has 3 rings (SSSR count). The van der Waals surface area contributed by atoms with Gasteiger partial charge in [0.15, 0.2) is 0 Å². The lowest BCUT2D eigenvalue weighted by Gasteiger charge is -2.40. The number of hydrogen-bond acceptors (Lipinski definition) is 4. The van der Waals surface area contributed by atoms with Crippen LogP contribution in [-0.4, -0.2) is 38.5 Å². The first kappa shape index (κ1) is 12.4. The molecule has 1 aromatic carbocycles. The summed E-state index contributed by atoms with van der Waals surface area (Å²) in [4.78, 5) is 2.03. The smallest absolute Gasteiger partial charge is 0.143 e. The van der Waals surface area contributed by atoms with Crippen molar-refractivity contribution in [3.63, 3.8) is 0 Å². The van der Waals surface area contributed by atoms with E-state index in [9.17, 15) is 4.39 Å². The second kappa shape index (κ2) is 4.80. The number of hydrogen-bond donors (Lipinski definition) is 0. The Labute approximate surface area is 111 Å². The van der Waals surface area contributed by atoms with Crippen molar-refractivity contribution in [2.75, 3.05) is 37.8 Å².